The molecular formula is C36H50O12. The van der Waals surface area contributed by atoms with E-state index in [0.29, 0.717) is 77.8 Å². The van der Waals surface area contributed by atoms with Gasteiger partial charge in [0.2, 0.25) is 0 Å². The predicted molar refractivity (Wildman–Crippen MR) is 180 cm³/mol. The van der Waals surface area contributed by atoms with Gasteiger partial charge in [0.15, 0.2) is 0 Å². The molecule has 0 unspecified atom stereocenters. The fourth-order valence-corrected chi connectivity index (χ4v) is 3.07. The largest absolute Gasteiger partial charge is 0.478 e. The predicted octanol–water partition coefficient (Wildman–Crippen LogP) is 6.65. The summed E-state index contributed by atoms with van der Waals surface area (Å²) in [6.45, 7) is 8.75. The Labute approximate surface area is 283 Å². The Morgan fingerprint density at radius 3 is 0.833 bits per heavy atom. The first-order valence-electron chi connectivity index (χ1n) is 15.7. The lowest BCUT2D eigenvalue weighted by Crippen LogP contribution is -2.06. The van der Waals surface area contributed by atoms with Crippen molar-refractivity contribution >= 4 is 35.8 Å². The maximum absolute atomic E-state index is 11.2. The third-order valence-corrected chi connectivity index (χ3v) is 5.71. The van der Waals surface area contributed by atoms with E-state index in [0.717, 1.165) is 0 Å². The number of esters is 4. The van der Waals surface area contributed by atoms with Crippen molar-refractivity contribution in [3.8, 4) is 0 Å². The van der Waals surface area contributed by atoms with E-state index < -0.39 is 11.9 Å². The number of carbonyl (C=O) groups excluding carboxylic acids is 4. The van der Waals surface area contributed by atoms with Crippen LogP contribution in [0.5, 0.6) is 0 Å². The highest BCUT2D eigenvalue weighted by Gasteiger charge is 2.07. The quantitative estimate of drug-likeness (QED) is 0.0651. The summed E-state index contributed by atoms with van der Waals surface area (Å²) < 4.78 is 19.7. The van der Waals surface area contributed by atoms with E-state index in [1.807, 2.05) is 52.0 Å². The van der Waals surface area contributed by atoms with E-state index in [9.17, 15) is 28.8 Å². The van der Waals surface area contributed by atoms with Crippen LogP contribution in [0, 0.1) is 0 Å². The number of unbranched alkanes of at least 4 members (excludes halogenated alkanes) is 2. The molecule has 0 saturated heterocycles. The fourth-order valence-electron chi connectivity index (χ4n) is 3.07. The molecule has 1 aromatic carbocycles. The molecule has 0 aliphatic heterocycles. The molecule has 0 spiro atoms. The van der Waals surface area contributed by atoms with Gasteiger partial charge in [-0.25, -0.2) is 9.59 Å². The summed E-state index contributed by atoms with van der Waals surface area (Å²) in [6.07, 6.45) is 18.4. The minimum Gasteiger partial charge on any atom is -0.478 e. The molecule has 0 amide bonds. The Morgan fingerprint density at radius 2 is 0.667 bits per heavy atom. The van der Waals surface area contributed by atoms with E-state index in [2.05, 4.69) is 0 Å². The summed E-state index contributed by atoms with van der Waals surface area (Å²) in [6, 6.07) is 5.02. The highest BCUT2D eigenvalue weighted by molar-refractivity contribution is 5.91. The number of carboxylic acid groups (broad SMARTS) is 2. The molecule has 0 heterocycles. The maximum atomic E-state index is 11.2. The zero-order valence-electron chi connectivity index (χ0n) is 28.4. The van der Waals surface area contributed by atoms with Gasteiger partial charge in [0.05, 0.1) is 11.1 Å². The van der Waals surface area contributed by atoms with Gasteiger partial charge in [0, 0.05) is 25.7 Å². The Balaban J connectivity index is 0. The molecule has 48 heavy (non-hydrogen) atoms. The standard InChI is InChI=1S/2C14H22O4.C8H6O4/c2*1-3-5-11-17-13(15)9-7-8-10-14(16)18-12-6-4-2;9-7(10)5-1-2-6(4-3-5)8(11)12/h2*3-6H,7-12H2,1-2H3;1-4H,(H,9,10)(H,11,12). The van der Waals surface area contributed by atoms with Gasteiger partial charge in [-0.1, -0.05) is 48.6 Å². The Kier molecular flexibility index (Phi) is 30.0. The molecule has 0 aliphatic carbocycles. The zero-order chi connectivity index (χ0) is 36.4. The minimum atomic E-state index is -1.06. The van der Waals surface area contributed by atoms with Gasteiger partial charge in [0.1, 0.15) is 26.4 Å². The van der Waals surface area contributed by atoms with Gasteiger partial charge in [-0.05, 0) is 77.6 Å². The number of ether oxygens (including phenoxy) is 4. The van der Waals surface area contributed by atoms with E-state index in [4.69, 9.17) is 29.2 Å². The Bertz CT molecular complexity index is 1040. The van der Waals surface area contributed by atoms with E-state index in [1.54, 1.807) is 24.3 Å². The Hall–Kier alpha value is -5.00. The first-order valence-corrected chi connectivity index (χ1v) is 15.7. The monoisotopic (exact) mass is 674 g/mol. The van der Waals surface area contributed by atoms with Crippen LogP contribution >= 0.6 is 0 Å². The number of hydrogen-bond acceptors (Lipinski definition) is 10. The van der Waals surface area contributed by atoms with Crippen LogP contribution in [-0.4, -0.2) is 72.5 Å². The average molecular weight is 675 g/mol. The summed E-state index contributed by atoms with van der Waals surface area (Å²) >= 11 is 0. The number of carboxylic acids is 2. The lowest BCUT2D eigenvalue weighted by atomic mass is 10.1. The van der Waals surface area contributed by atoms with Crippen molar-refractivity contribution < 1.29 is 57.9 Å². The van der Waals surface area contributed by atoms with Crippen LogP contribution < -0.4 is 0 Å². The van der Waals surface area contributed by atoms with Gasteiger partial charge in [-0.15, -0.1) is 0 Å². The van der Waals surface area contributed by atoms with E-state index >= 15 is 0 Å². The van der Waals surface area contributed by atoms with Gasteiger partial charge < -0.3 is 29.2 Å². The summed E-state index contributed by atoms with van der Waals surface area (Å²) in [4.78, 5) is 65.4. The first-order chi connectivity index (χ1) is 23.0. The first kappa shape index (κ1) is 45.1. The van der Waals surface area contributed by atoms with Crippen LogP contribution in [0.2, 0.25) is 0 Å². The Morgan fingerprint density at radius 1 is 0.458 bits per heavy atom. The third kappa shape index (κ3) is 29.7. The van der Waals surface area contributed by atoms with Crippen molar-refractivity contribution in [1.82, 2.24) is 0 Å². The summed E-state index contributed by atoms with van der Waals surface area (Å²) in [7, 11) is 0. The number of allylic oxidation sites excluding steroid dienone is 4. The van der Waals surface area contributed by atoms with Gasteiger partial charge in [-0.2, -0.15) is 0 Å². The van der Waals surface area contributed by atoms with Gasteiger partial charge in [-0.3, -0.25) is 19.2 Å². The second-order valence-corrected chi connectivity index (χ2v) is 9.61. The molecule has 2 N–H and O–H groups in total. The number of rotatable bonds is 20. The fraction of sp³-hybridized carbons (Fsp3) is 0.444. The van der Waals surface area contributed by atoms with Crippen LogP contribution in [0.15, 0.2) is 72.9 Å². The SMILES string of the molecule is CC=CCOC(=O)CCCCC(=O)OCC=CC.CC=CCOC(=O)CCCCC(=O)OCC=CC.O=C(O)c1ccc(C(=O)O)cc1. The zero-order valence-corrected chi connectivity index (χ0v) is 28.4. The summed E-state index contributed by atoms with van der Waals surface area (Å²) in [5.41, 5.74) is 0.167. The highest BCUT2D eigenvalue weighted by atomic mass is 16.5. The molecule has 0 fully saturated rings. The number of carbonyl (C=O) groups is 6. The second kappa shape index (κ2) is 32.0. The molecule has 0 atom stereocenters. The van der Waals surface area contributed by atoms with Crippen molar-refractivity contribution in [2.75, 3.05) is 26.4 Å². The van der Waals surface area contributed by atoms with Crippen LogP contribution in [0.3, 0.4) is 0 Å². The van der Waals surface area contributed by atoms with Crippen molar-refractivity contribution in [1.29, 1.82) is 0 Å². The minimum absolute atomic E-state index is 0.0833. The molecule has 12 heteroatoms. The average Bonchev–Trinajstić information content (AvgIpc) is 3.06. The molecule has 0 aliphatic rings. The van der Waals surface area contributed by atoms with Crippen molar-refractivity contribution in [3.05, 3.63) is 84.0 Å². The molecule has 1 aromatic rings. The normalized spacial score (nSPS) is 10.6. The number of hydrogen-bond donors (Lipinski definition) is 2. The molecular weight excluding hydrogens is 624 g/mol. The van der Waals surface area contributed by atoms with Crippen molar-refractivity contribution in [3.63, 3.8) is 0 Å². The topological polar surface area (TPSA) is 180 Å². The third-order valence-electron chi connectivity index (χ3n) is 5.71. The summed E-state index contributed by atoms with van der Waals surface area (Å²) in [5, 5.41) is 16.9. The van der Waals surface area contributed by atoms with Crippen molar-refractivity contribution in [2.24, 2.45) is 0 Å². The molecule has 0 saturated carbocycles. The van der Waals surface area contributed by atoms with Crippen LogP contribution in [0.1, 0.15) is 99.8 Å². The number of benzene rings is 1. The lowest BCUT2D eigenvalue weighted by Gasteiger charge is -2.03. The smallest absolute Gasteiger partial charge is 0.335 e. The van der Waals surface area contributed by atoms with Crippen LogP contribution in [-0.2, 0) is 38.1 Å². The second-order valence-electron chi connectivity index (χ2n) is 9.61. The molecule has 0 radical (unpaired) electrons. The van der Waals surface area contributed by atoms with Gasteiger partial charge in [0.25, 0.3) is 0 Å². The van der Waals surface area contributed by atoms with Crippen LogP contribution in [0.25, 0.3) is 0 Å². The molecule has 1 rings (SSSR count). The van der Waals surface area contributed by atoms with Crippen LogP contribution in [0.4, 0.5) is 0 Å². The van der Waals surface area contributed by atoms with E-state index in [-0.39, 0.29) is 35.0 Å². The molecule has 266 valence electrons. The maximum Gasteiger partial charge on any atom is 0.335 e. The lowest BCUT2D eigenvalue weighted by molar-refractivity contribution is -0.144. The van der Waals surface area contributed by atoms with Gasteiger partial charge >= 0.3 is 35.8 Å². The summed E-state index contributed by atoms with van der Waals surface area (Å²) in [5.74, 6) is -3.03. The van der Waals surface area contributed by atoms with E-state index in [1.165, 1.54) is 24.3 Å². The number of aromatic carboxylic acids is 2. The highest BCUT2D eigenvalue weighted by Crippen LogP contribution is 2.05. The molecule has 0 bridgehead atoms. The molecule has 0 aromatic heterocycles. The molecule has 12 nitrogen and oxygen atoms in total. The van der Waals surface area contributed by atoms with Crippen molar-refractivity contribution in [2.45, 2.75) is 79.1 Å².